The van der Waals surface area contributed by atoms with E-state index in [1.54, 1.807) is 16.2 Å². The van der Waals surface area contributed by atoms with E-state index in [4.69, 9.17) is 0 Å². The average Bonchev–Trinajstić information content (AvgIpc) is 3.19. The number of aryl methyl sites for hydroxylation is 1. The van der Waals surface area contributed by atoms with Gasteiger partial charge in [0.2, 0.25) is 5.91 Å². The molecule has 0 aliphatic rings. The lowest BCUT2D eigenvalue weighted by molar-refractivity contribution is -0.132. The Hall–Kier alpha value is -2.15. The summed E-state index contributed by atoms with van der Waals surface area (Å²) >= 11 is 1.61. The average molecular weight is 360 g/mol. The van der Waals surface area contributed by atoms with Gasteiger partial charge in [-0.05, 0) is 30.9 Å². The van der Waals surface area contributed by atoms with Crippen molar-refractivity contribution < 1.29 is 4.79 Å². The Balaban J connectivity index is 2.00. The molecule has 3 aromatic heterocycles. The van der Waals surface area contributed by atoms with Crippen LogP contribution in [0.1, 0.15) is 39.4 Å². The number of nitrogens with zero attached hydrogens (tertiary/aromatic N) is 4. The molecule has 6 nitrogen and oxygen atoms in total. The summed E-state index contributed by atoms with van der Waals surface area (Å²) in [5.41, 5.74) is 1.40. The molecule has 134 valence electrons. The number of carbonyl (C=O) groups is 1. The second-order valence-electron chi connectivity index (χ2n) is 6.09. The van der Waals surface area contributed by atoms with Crippen LogP contribution in [-0.4, -0.2) is 38.1 Å². The highest BCUT2D eigenvalue weighted by atomic mass is 32.1. The van der Waals surface area contributed by atoms with Crippen LogP contribution in [0.4, 0.5) is 0 Å². The maximum Gasteiger partial charge on any atom is 0.291 e. The van der Waals surface area contributed by atoms with E-state index in [-0.39, 0.29) is 18.0 Å². The van der Waals surface area contributed by atoms with Crippen LogP contribution in [0.25, 0.3) is 15.7 Å². The molecule has 0 saturated carbocycles. The van der Waals surface area contributed by atoms with Gasteiger partial charge in [0.05, 0.1) is 10.2 Å². The molecule has 0 atom stereocenters. The van der Waals surface area contributed by atoms with E-state index in [1.165, 1.54) is 4.68 Å². The van der Waals surface area contributed by atoms with E-state index in [0.717, 1.165) is 35.4 Å². The number of amides is 1. The van der Waals surface area contributed by atoms with Crippen LogP contribution in [0.2, 0.25) is 0 Å². The molecule has 0 N–H and O–H groups in total. The molecule has 0 aromatic carbocycles. The van der Waals surface area contributed by atoms with Gasteiger partial charge in [0.25, 0.3) is 5.56 Å². The quantitative estimate of drug-likeness (QED) is 0.651. The zero-order valence-corrected chi connectivity index (χ0v) is 15.8. The molecule has 3 aromatic rings. The number of carbonyl (C=O) groups excluding carboxylic acids is 1. The molecular formula is C18H24N4O2S. The lowest BCUT2D eigenvalue weighted by Gasteiger charge is -2.21. The van der Waals surface area contributed by atoms with Crippen molar-refractivity contribution >= 4 is 33.0 Å². The molecule has 0 aliphatic heterocycles. The number of thiophene rings is 1. The number of unbranched alkanes of at least 4 members (excludes halogenated alkanes) is 1. The maximum absolute atomic E-state index is 12.8. The first kappa shape index (κ1) is 17.7. The molecule has 0 bridgehead atoms. The summed E-state index contributed by atoms with van der Waals surface area (Å²) < 4.78 is 4.31. The third-order valence-corrected chi connectivity index (χ3v) is 5.34. The fraction of sp³-hybridized carbons (Fsp3) is 0.500. The molecule has 3 rings (SSSR count). The second-order valence-corrected chi connectivity index (χ2v) is 7.04. The first-order valence-electron chi connectivity index (χ1n) is 8.87. The van der Waals surface area contributed by atoms with Crippen molar-refractivity contribution in [2.75, 3.05) is 13.1 Å². The van der Waals surface area contributed by atoms with Gasteiger partial charge < -0.3 is 4.90 Å². The Morgan fingerprint density at radius 3 is 2.76 bits per heavy atom. The smallest absolute Gasteiger partial charge is 0.291 e. The number of hydrogen-bond donors (Lipinski definition) is 0. The Kier molecular flexibility index (Phi) is 5.22. The van der Waals surface area contributed by atoms with Crippen molar-refractivity contribution in [2.24, 2.45) is 0 Å². The van der Waals surface area contributed by atoms with Crippen LogP contribution in [0.5, 0.6) is 0 Å². The van der Waals surface area contributed by atoms with Gasteiger partial charge >= 0.3 is 0 Å². The van der Waals surface area contributed by atoms with E-state index in [0.29, 0.717) is 18.5 Å². The fourth-order valence-corrected chi connectivity index (χ4v) is 3.90. The molecule has 7 heteroatoms. The van der Waals surface area contributed by atoms with Crippen molar-refractivity contribution in [1.82, 2.24) is 19.1 Å². The number of rotatable bonds is 7. The Morgan fingerprint density at radius 2 is 2.08 bits per heavy atom. The summed E-state index contributed by atoms with van der Waals surface area (Å²) in [6.07, 6.45) is 2.70. The van der Waals surface area contributed by atoms with Crippen molar-refractivity contribution in [3.05, 3.63) is 33.7 Å². The molecular weight excluding hydrogens is 336 g/mol. The predicted octanol–water partition coefficient (Wildman–Crippen LogP) is 2.92. The van der Waals surface area contributed by atoms with E-state index in [2.05, 4.69) is 12.0 Å². The first-order valence-corrected chi connectivity index (χ1v) is 9.75. The lowest BCUT2D eigenvalue weighted by atomic mass is 10.3. The third kappa shape index (κ3) is 3.20. The Bertz CT molecular complexity index is 953. The molecule has 0 aliphatic carbocycles. The van der Waals surface area contributed by atoms with Gasteiger partial charge in [-0.1, -0.05) is 20.3 Å². The van der Waals surface area contributed by atoms with E-state index < -0.39 is 0 Å². The summed E-state index contributed by atoms with van der Waals surface area (Å²) in [7, 11) is 0. The Labute approximate surface area is 150 Å². The van der Waals surface area contributed by atoms with Gasteiger partial charge in [-0.3, -0.25) is 14.0 Å². The number of likely N-dealkylation sites (N-methyl/N-ethyl adjacent to an activating group) is 1. The van der Waals surface area contributed by atoms with E-state index >= 15 is 0 Å². The summed E-state index contributed by atoms with van der Waals surface area (Å²) in [4.78, 5) is 27.2. The molecule has 0 fully saturated rings. The van der Waals surface area contributed by atoms with Gasteiger partial charge in [-0.15, -0.1) is 11.3 Å². The number of aromatic nitrogens is 3. The minimum atomic E-state index is -0.208. The standard InChI is InChI=1S/C18H24N4O2S/c1-4-7-9-20(6-3)17(23)12-21-18(24)14-11-15-13(8-10-25-15)22(14)16(5-2)19-21/h8,10-11H,4-7,9,12H2,1-3H3. The Morgan fingerprint density at radius 1 is 1.28 bits per heavy atom. The summed E-state index contributed by atoms with van der Waals surface area (Å²) in [5, 5.41) is 6.49. The van der Waals surface area contributed by atoms with Crippen LogP contribution in [-0.2, 0) is 17.8 Å². The molecule has 0 spiro atoms. The van der Waals surface area contributed by atoms with Crippen molar-refractivity contribution in [2.45, 2.75) is 46.6 Å². The van der Waals surface area contributed by atoms with Crippen molar-refractivity contribution in [3.63, 3.8) is 0 Å². The SMILES string of the molecule is CCCCN(CC)C(=O)Cn1nc(CC)n2c(cc3sccc32)c1=O. The van der Waals surface area contributed by atoms with E-state index in [9.17, 15) is 9.59 Å². The van der Waals surface area contributed by atoms with Crippen LogP contribution in [0.3, 0.4) is 0 Å². The van der Waals surface area contributed by atoms with Crippen molar-refractivity contribution in [1.29, 1.82) is 0 Å². The summed E-state index contributed by atoms with van der Waals surface area (Å²) in [6, 6.07) is 3.91. The highest BCUT2D eigenvalue weighted by Gasteiger charge is 2.18. The summed E-state index contributed by atoms with van der Waals surface area (Å²) in [6.45, 7) is 7.45. The maximum atomic E-state index is 12.8. The molecule has 25 heavy (non-hydrogen) atoms. The highest BCUT2D eigenvalue weighted by molar-refractivity contribution is 7.17. The zero-order valence-electron chi connectivity index (χ0n) is 15.0. The van der Waals surface area contributed by atoms with Gasteiger partial charge in [0.15, 0.2) is 0 Å². The molecule has 0 radical (unpaired) electrons. The third-order valence-electron chi connectivity index (χ3n) is 4.49. The first-order chi connectivity index (χ1) is 12.1. The minimum Gasteiger partial charge on any atom is -0.341 e. The summed E-state index contributed by atoms with van der Waals surface area (Å²) in [5.74, 6) is 0.748. The highest BCUT2D eigenvalue weighted by Crippen LogP contribution is 2.24. The van der Waals surface area contributed by atoms with Crippen LogP contribution in [0.15, 0.2) is 22.3 Å². The largest absolute Gasteiger partial charge is 0.341 e. The number of hydrogen-bond acceptors (Lipinski definition) is 4. The van der Waals surface area contributed by atoms with Gasteiger partial charge in [-0.25, -0.2) is 4.68 Å². The van der Waals surface area contributed by atoms with E-state index in [1.807, 2.05) is 35.8 Å². The topological polar surface area (TPSA) is 59.6 Å². The normalized spacial score (nSPS) is 11.5. The van der Waals surface area contributed by atoms with Crippen LogP contribution >= 0.6 is 11.3 Å². The predicted molar refractivity (Wildman–Crippen MR) is 101 cm³/mol. The van der Waals surface area contributed by atoms with Gasteiger partial charge in [0, 0.05) is 19.5 Å². The van der Waals surface area contributed by atoms with Crippen molar-refractivity contribution in [3.8, 4) is 0 Å². The monoisotopic (exact) mass is 360 g/mol. The number of fused-ring (bicyclic) bond motifs is 3. The molecule has 3 heterocycles. The fourth-order valence-electron chi connectivity index (χ4n) is 3.09. The molecule has 0 saturated heterocycles. The minimum absolute atomic E-state index is 0.00127. The molecule has 0 unspecified atom stereocenters. The zero-order chi connectivity index (χ0) is 18.0. The molecule has 1 amide bonds. The second kappa shape index (κ2) is 7.39. The van der Waals surface area contributed by atoms with Gasteiger partial charge in [-0.2, -0.15) is 5.10 Å². The van der Waals surface area contributed by atoms with Crippen LogP contribution < -0.4 is 5.56 Å². The van der Waals surface area contributed by atoms with Gasteiger partial charge in [0.1, 0.15) is 17.9 Å². The lowest BCUT2D eigenvalue weighted by Crippen LogP contribution is -2.38. The van der Waals surface area contributed by atoms with Crippen LogP contribution in [0, 0.1) is 0 Å².